The maximum absolute atomic E-state index is 1.62. The van der Waals surface area contributed by atoms with Crippen molar-refractivity contribution in [2.24, 2.45) is 17.3 Å². The van der Waals surface area contributed by atoms with Gasteiger partial charge in [0.05, 0.1) is 0 Å². The van der Waals surface area contributed by atoms with E-state index in [0.29, 0.717) is 0 Å². The molecule has 0 aromatic heterocycles. The van der Waals surface area contributed by atoms with E-state index in [1.165, 1.54) is 0 Å². The van der Waals surface area contributed by atoms with Crippen LogP contribution in [0.5, 0.6) is 0 Å². The fourth-order valence-corrected chi connectivity index (χ4v) is 4.46. The van der Waals surface area contributed by atoms with Gasteiger partial charge in [0, 0.05) is 0 Å². The standard InChI is InChI=1S/C12H20/c1-3-10-5-6-11-4-2-8-12(11,7-1)9-10/h10-11H,1-9H2. The summed E-state index contributed by atoms with van der Waals surface area (Å²) in [6.07, 6.45) is 14.2. The summed E-state index contributed by atoms with van der Waals surface area (Å²) in [5, 5.41) is 0. The van der Waals surface area contributed by atoms with Gasteiger partial charge in [-0.2, -0.15) is 0 Å². The van der Waals surface area contributed by atoms with Crippen LogP contribution >= 0.6 is 0 Å². The first kappa shape index (κ1) is 7.41. The Balaban J connectivity index is 1.89. The van der Waals surface area contributed by atoms with Crippen LogP contribution in [0.2, 0.25) is 0 Å². The molecule has 0 aromatic carbocycles. The highest BCUT2D eigenvalue weighted by atomic mass is 14.5. The maximum Gasteiger partial charge on any atom is -0.0267 e. The molecule has 0 saturated heterocycles. The van der Waals surface area contributed by atoms with Crippen molar-refractivity contribution in [2.45, 2.75) is 57.8 Å². The highest BCUT2D eigenvalue weighted by molar-refractivity contribution is 4.98. The second-order valence-electron chi connectivity index (χ2n) is 5.49. The Hall–Kier alpha value is 0. The van der Waals surface area contributed by atoms with E-state index >= 15 is 0 Å². The Labute approximate surface area is 75.7 Å². The third-order valence-electron chi connectivity index (χ3n) is 5.00. The van der Waals surface area contributed by atoms with E-state index < -0.39 is 0 Å². The Morgan fingerprint density at radius 3 is 2.58 bits per heavy atom. The average molecular weight is 164 g/mol. The zero-order chi connectivity index (χ0) is 8.02. The summed E-state index contributed by atoms with van der Waals surface area (Å²) in [6.45, 7) is 0. The molecule has 3 unspecified atom stereocenters. The van der Waals surface area contributed by atoms with Gasteiger partial charge in [0.1, 0.15) is 0 Å². The van der Waals surface area contributed by atoms with E-state index in [4.69, 9.17) is 0 Å². The summed E-state index contributed by atoms with van der Waals surface area (Å²) in [7, 11) is 0. The third-order valence-corrected chi connectivity index (χ3v) is 5.00. The van der Waals surface area contributed by atoms with Crippen LogP contribution in [-0.4, -0.2) is 0 Å². The lowest BCUT2D eigenvalue weighted by Gasteiger charge is -2.47. The minimum absolute atomic E-state index is 0.890. The molecular formula is C12H20. The van der Waals surface area contributed by atoms with E-state index in [1.807, 2.05) is 0 Å². The molecule has 3 atom stereocenters. The van der Waals surface area contributed by atoms with Gasteiger partial charge in [-0.25, -0.2) is 0 Å². The molecule has 0 heteroatoms. The fourth-order valence-electron chi connectivity index (χ4n) is 4.46. The van der Waals surface area contributed by atoms with Gasteiger partial charge in [0.25, 0.3) is 0 Å². The minimum atomic E-state index is 0.890. The molecule has 0 nitrogen and oxygen atoms in total. The number of hydrogen-bond acceptors (Lipinski definition) is 0. The van der Waals surface area contributed by atoms with Crippen LogP contribution in [0, 0.1) is 17.3 Å². The van der Waals surface area contributed by atoms with Gasteiger partial charge in [0.2, 0.25) is 0 Å². The summed E-state index contributed by atoms with van der Waals surface area (Å²) in [6, 6.07) is 0. The summed E-state index contributed by atoms with van der Waals surface area (Å²) < 4.78 is 0. The molecule has 0 heterocycles. The van der Waals surface area contributed by atoms with Gasteiger partial charge in [-0.1, -0.05) is 25.7 Å². The minimum Gasteiger partial charge on any atom is -0.0525 e. The number of hydrogen-bond donors (Lipinski definition) is 0. The van der Waals surface area contributed by atoms with Crippen molar-refractivity contribution < 1.29 is 0 Å². The van der Waals surface area contributed by atoms with Gasteiger partial charge in [-0.15, -0.1) is 0 Å². The van der Waals surface area contributed by atoms with Crippen LogP contribution in [0.15, 0.2) is 0 Å². The van der Waals surface area contributed by atoms with E-state index in [9.17, 15) is 0 Å². The van der Waals surface area contributed by atoms with Crippen LogP contribution in [-0.2, 0) is 0 Å². The van der Waals surface area contributed by atoms with E-state index in [-0.39, 0.29) is 0 Å². The van der Waals surface area contributed by atoms with Gasteiger partial charge >= 0.3 is 0 Å². The molecule has 3 saturated carbocycles. The van der Waals surface area contributed by atoms with Crippen LogP contribution in [0.1, 0.15) is 57.8 Å². The first-order chi connectivity index (χ1) is 5.89. The molecule has 3 rings (SSSR count). The second kappa shape index (κ2) is 2.49. The topological polar surface area (TPSA) is 0 Å². The fraction of sp³-hybridized carbons (Fsp3) is 1.00. The molecule has 2 bridgehead atoms. The first-order valence-electron chi connectivity index (χ1n) is 5.89. The Morgan fingerprint density at radius 2 is 1.67 bits per heavy atom. The molecule has 68 valence electrons. The molecular weight excluding hydrogens is 144 g/mol. The molecule has 12 heavy (non-hydrogen) atoms. The van der Waals surface area contributed by atoms with E-state index in [0.717, 1.165) is 17.3 Å². The van der Waals surface area contributed by atoms with Crippen molar-refractivity contribution >= 4 is 0 Å². The SMILES string of the molecule is C1CC2CCC3CCCC3(C1)C2. The lowest BCUT2D eigenvalue weighted by Crippen LogP contribution is -2.36. The monoisotopic (exact) mass is 164 g/mol. The summed E-state index contributed by atoms with van der Waals surface area (Å²) >= 11 is 0. The summed E-state index contributed by atoms with van der Waals surface area (Å²) in [4.78, 5) is 0. The van der Waals surface area contributed by atoms with Gasteiger partial charge < -0.3 is 0 Å². The summed E-state index contributed by atoms with van der Waals surface area (Å²) in [5.74, 6) is 2.31. The van der Waals surface area contributed by atoms with Gasteiger partial charge in [0.15, 0.2) is 0 Å². The predicted molar refractivity (Wildman–Crippen MR) is 51.0 cm³/mol. The number of rotatable bonds is 0. The lowest BCUT2D eigenvalue weighted by atomic mass is 9.58. The molecule has 0 amide bonds. The zero-order valence-corrected chi connectivity index (χ0v) is 8.02. The normalized spacial score (nSPS) is 52.0. The van der Waals surface area contributed by atoms with Gasteiger partial charge in [-0.05, 0) is 49.4 Å². The molecule has 0 radical (unpaired) electrons. The molecule has 1 spiro atoms. The van der Waals surface area contributed by atoms with E-state index in [1.54, 1.807) is 57.8 Å². The lowest BCUT2D eigenvalue weighted by molar-refractivity contribution is 0.0370. The van der Waals surface area contributed by atoms with Gasteiger partial charge in [-0.3, -0.25) is 0 Å². The van der Waals surface area contributed by atoms with Crippen molar-refractivity contribution in [1.29, 1.82) is 0 Å². The average Bonchev–Trinajstić information content (AvgIpc) is 2.46. The molecule has 3 fully saturated rings. The molecule has 0 N–H and O–H groups in total. The van der Waals surface area contributed by atoms with Crippen molar-refractivity contribution in [3.63, 3.8) is 0 Å². The number of fused-ring (bicyclic) bond motifs is 1. The third kappa shape index (κ3) is 0.900. The van der Waals surface area contributed by atoms with Crippen molar-refractivity contribution in [3.8, 4) is 0 Å². The first-order valence-corrected chi connectivity index (χ1v) is 5.89. The van der Waals surface area contributed by atoms with Crippen molar-refractivity contribution in [3.05, 3.63) is 0 Å². The molecule has 3 aliphatic rings. The predicted octanol–water partition coefficient (Wildman–Crippen LogP) is 3.76. The summed E-state index contributed by atoms with van der Waals surface area (Å²) in [5.41, 5.74) is 0.890. The highest BCUT2D eigenvalue weighted by Gasteiger charge is 2.47. The molecule has 0 aliphatic heterocycles. The smallest absolute Gasteiger partial charge is 0.0267 e. The largest absolute Gasteiger partial charge is 0.0525 e. The van der Waals surface area contributed by atoms with Crippen molar-refractivity contribution in [1.82, 2.24) is 0 Å². The van der Waals surface area contributed by atoms with Crippen LogP contribution in [0.4, 0.5) is 0 Å². The highest BCUT2D eigenvalue weighted by Crippen LogP contribution is 2.59. The van der Waals surface area contributed by atoms with Crippen molar-refractivity contribution in [2.75, 3.05) is 0 Å². The Morgan fingerprint density at radius 1 is 0.833 bits per heavy atom. The molecule has 3 aliphatic carbocycles. The Bertz CT molecular complexity index is 184. The van der Waals surface area contributed by atoms with Crippen LogP contribution in [0.3, 0.4) is 0 Å². The Kier molecular flexibility index (Phi) is 1.54. The van der Waals surface area contributed by atoms with Crippen LogP contribution < -0.4 is 0 Å². The quantitative estimate of drug-likeness (QED) is 0.511. The maximum atomic E-state index is 1.62. The molecule has 0 aromatic rings. The zero-order valence-electron chi connectivity index (χ0n) is 8.02. The van der Waals surface area contributed by atoms with E-state index in [2.05, 4.69) is 0 Å². The van der Waals surface area contributed by atoms with Crippen LogP contribution in [0.25, 0.3) is 0 Å². The second-order valence-corrected chi connectivity index (χ2v) is 5.49.